The van der Waals surface area contributed by atoms with Gasteiger partial charge in [-0.2, -0.15) is 13.2 Å². The molecule has 1 aliphatic heterocycles. The highest BCUT2D eigenvalue weighted by atomic mass is 32.1. The number of aliphatic hydroxyl groups excluding tert-OH is 1. The van der Waals surface area contributed by atoms with Crippen LogP contribution in [-0.4, -0.2) is 142 Å². The second kappa shape index (κ2) is 30.4. The molecule has 1 saturated heterocycles. The van der Waals surface area contributed by atoms with E-state index in [0.29, 0.717) is 50.5 Å². The molecule has 17 nitrogen and oxygen atoms in total. The Labute approximate surface area is 464 Å². The fourth-order valence-electron chi connectivity index (χ4n) is 9.29. The van der Waals surface area contributed by atoms with Crippen LogP contribution in [0.5, 0.6) is 5.75 Å². The number of aromatic nitrogens is 1. The standard InChI is InChI=1S/C58H75F3N6O11S/c1-38-19-28-79-52(38)43-14-10-40(11-15-43)33-65-55(72)48-32-46(68)36-67(48)56(73)53(57(2,3)4)66-51(70)37-78-27-26-77-25-24-76-23-22-75-21-20-62-50(69)30-41-7-6-8-42(29-41)34-64-54(71)47-31-44(49(74-5)35-63-47)16-9-39-12-17-45(18-13-39)58(59,60)61/h6-11,14-16,19,28-29,31,35,39,45-46,48,53,68H,12-13,17-18,20-27,30,32-34,36-37H2,1-5H3,(H,62,69)(H,64,71)(H,65,72)(H,66,70)/b16-9+/t39?,45?,46-,48+,53-/m1/s1. The number of rotatable bonds is 28. The number of nitrogens with one attached hydrogen (secondary N) is 4. The molecule has 430 valence electrons. The first-order valence-electron chi connectivity index (χ1n) is 26.7. The summed E-state index contributed by atoms with van der Waals surface area (Å²) in [7, 11) is 1.48. The fraction of sp³-hybridized carbons (Fsp3) is 0.517. The van der Waals surface area contributed by atoms with Crippen LogP contribution in [-0.2, 0) is 57.6 Å². The number of ether oxygens (including phenoxy) is 5. The molecule has 21 heteroatoms. The van der Waals surface area contributed by atoms with Crippen molar-refractivity contribution < 1.29 is 65.9 Å². The Balaban J connectivity index is 0.783. The predicted molar refractivity (Wildman–Crippen MR) is 293 cm³/mol. The van der Waals surface area contributed by atoms with Crippen LogP contribution in [0.25, 0.3) is 16.5 Å². The van der Waals surface area contributed by atoms with Gasteiger partial charge in [0.05, 0.1) is 78.0 Å². The van der Waals surface area contributed by atoms with Crippen molar-refractivity contribution in [1.82, 2.24) is 31.2 Å². The van der Waals surface area contributed by atoms with Crippen LogP contribution in [0.15, 0.2) is 78.3 Å². The molecular weight excluding hydrogens is 1050 g/mol. The Bertz CT molecular complexity index is 2650. The van der Waals surface area contributed by atoms with Crippen LogP contribution in [0.1, 0.15) is 91.2 Å². The smallest absolute Gasteiger partial charge is 0.391 e. The SMILES string of the molecule is COc1cnc(C(=O)NCc2cccc(CC(=O)NCCOCCOCCOCCOCC(=O)N[C@H](C(=O)N3C[C@H](O)C[C@H]3C(=O)NCc3ccc(-c4sccc4C)cc3)C(C)(C)C)c2)cc1/C=C/C1CCC(C(F)(F)F)CC1. The second-order valence-corrected chi connectivity index (χ2v) is 21.8. The lowest BCUT2D eigenvalue weighted by molar-refractivity contribution is -0.183. The number of thiophene rings is 1. The lowest BCUT2D eigenvalue weighted by Crippen LogP contribution is -2.58. The van der Waals surface area contributed by atoms with Crippen LogP contribution in [0.2, 0.25) is 0 Å². The molecule has 0 spiro atoms. The highest BCUT2D eigenvalue weighted by molar-refractivity contribution is 7.13. The topological polar surface area (TPSA) is 216 Å². The largest absolute Gasteiger partial charge is 0.495 e. The van der Waals surface area contributed by atoms with E-state index in [1.54, 1.807) is 29.5 Å². The van der Waals surface area contributed by atoms with Crippen LogP contribution < -0.4 is 26.0 Å². The predicted octanol–water partition coefficient (Wildman–Crippen LogP) is 6.97. The molecule has 79 heavy (non-hydrogen) atoms. The van der Waals surface area contributed by atoms with Crippen molar-refractivity contribution in [2.75, 3.05) is 73.1 Å². The van der Waals surface area contributed by atoms with E-state index in [9.17, 15) is 42.3 Å². The van der Waals surface area contributed by atoms with Gasteiger partial charge in [0.1, 0.15) is 30.1 Å². The number of amides is 5. The molecule has 3 atom stereocenters. The molecule has 2 aromatic heterocycles. The van der Waals surface area contributed by atoms with Gasteiger partial charge in [0.15, 0.2) is 0 Å². The summed E-state index contributed by atoms with van der Waals surface area (Å²) in [6.07, 6.45) is 1.30. The zero-order chi connectivity index (χ0) is 57.0. The van der Waals surface area contributed by atoms with E-state index in [1.165, 1.54) is 28.6 Å². The van der Waals surface area contributed by atoms with Crippen molar-refractivity contribution in [3.63, 3.8) is 0 Å². The molecule has 0 bridgehead atoms. The van der Waals surface area contributed by atoms with E-state index in [-0.39, 0.29) is 102 Å². The Morgan fingerprint density at radius 2 is 1.47 bits per heavy atom. The van der Waals surface area contributed by atoms with Gasteiger partial charge in [0.25, 0.3) is 5.91 Å². The molecule has 2 aromatic carbocycles. The van der Waals surface area contributed by atoms with Crippen molar-refractivity contribution >= 4 is 46.9 Å². The first-order chi connectivity index (χ1) is 37.8. The van der Waals surface area contributed by atoms with Crippen LogP contribution in [0.4, 0.5) is 13.2 Å². The molecule has 1 aliphatic carbocycles. The van der Waals surface area contributed by atoms with Crippen molar-refractivity contribution in [3.05, 3.63) is 112 Å². The van der Waals surface area contributed by atoms with E-state index in [0.717, 1.165) is 22.3 Å². The first-order valence-corrected chi connectivity index (χ1v) is 27.6. The van der Waals surface area contributed by atoms with Gasteiger partial charge in [0.2, 0.25) is 23.6 Å². The summed E-state index contributed by atoms with van der Waals surface area (Å²) in [5.41, 5.74) is 4.77. The minimum absolute atomic E-state index is 0.00142. The average Bonchev–Trinajstić information content (AvgIpc) is 4.05. The molecule has 5 N–H and O–H groups in total. The number of aryl methyl sites for hydroxylation is 1. The number of likely N-dealkylation sites (tertiary alicyclic amines) is 1. The number of nitrogens with zero attached hydrogens (tertiary/aromatic N) is 2. The third-order valence-electron chi connectivity index (χ3n) is 13.7. The van der Waals surface area contributed by atoms with Gasteiger partial charge in [0, 0.05) is 43.0 Å². The number of halogens is 3. The third kappa shape index (κ3) is 19.8. The maximum absolute atomic E-state index is 13.9. The maximum atomic E-state index is 13.9. The van der Waals surface area contributed by atoms with Crippen LogP contribution >= 0.6 is 11.3 Å². The number of methoxy groups -OCH3 is 1. The number of aliphatic hydroxyl groups is 1. The number of allylic oxidation sites excluding steroid dienone is 1. The highest BCUT2D eigenvalue weighted by Crippen LogP contribution is 2.40. The zero-order valence-electron chi connectivity index (χ0n) is 45.7. The normalized spacial score (nSPS) is 18.1. The summed E-state index contributed by atoms with van der Waals surface area (Å²) in [6, 6.07) is 17.0. The maximum Gasteiger partial charge on any atom is 0.391 e. The van der Waals surface area contributed by atoms with Crippen molar-refractivity contribution in [3.8, 4) is 16.2 Å². The van der Waals surface area contributed by atoms with E-state index in [1.807, 2.05) is 69.3 Å². The van der Waals surface area contributed by atoms with E-state index in [4.69, 9.17) is 23.7 Å². The number of alkyl halides is 3. The third-order valence-corrected chi connectivity index (χ3v) is 14.8. The zero-order valence-corrected chi connectivity index (χ0v) is 46.5. The molecule has 4 aromatic rings. The average molecular weight is 1120 g/mol. The molecule has 2 aliphatic rings. The first kappa shape index (κ1) is 62.0. The minimum atomic E-state index is -4.17. The van der Waals surface area contributed by atoms with Gasteiger partial charge in [-0.3, -0.25) is 24.0 Å². The fourth-order valence-corrected chi connectivity index (χ4v) is 10.2. The Kier molecular flexibility index (Phi) is 23.8. The summed E-state index contributed by atoms with van der Waals surface area (Å²) < 4.78 is 66.9. The molecule has 3 heterocycles. The van der Waals surface area contributed by atoms with Gasteiger partial charge in [-0.15, -0.1) is 11.3 Å². The van der Waals surface area contributed by atoms with Crippen molar-refractivity contribution in [2.24, 2.45) is 17.3 Å². The lowest BCUT2D eigenvalue weighted by Gasteiger charge is -2.35. The number of benzene rings is 2. The van der Waals surface area contributed by atoms with Crippen molar-refractivity contribution in [2.45, 2.75) is 104 Å². The number of carbonyl (C=O) groups is 5. The number of hydrogen-bond acceptors (Lipinski definition) is 13. The number of carbonyl (C=O) groups excluding carboxylic acids is 5. The lowest BCUT2D eigenvalue weighted by atomic mass is 9.81. The Hall–Kier alpha value is -6.23. The number of pyridine rings is 1. The molecule has 6 rings (SSSR count). The monoisotopic (exact) mass is 1120 g/mol. The summed E-state index contributed by atoms with van der Waals surface area (Å²) in [5.74, 6) is -2.79. The van der Waals surface area contributed by atoms with Crippen molar-refractivity contribution in [1.29, 1.82) is 0 Å². The summed E-state index contributed by atoms with van der Waals surface area (Å²) in [5, 5.41) is 24.0. The highest BCUT2D eigenvalue weighted by Gasteiger charge is 2.45. The number of hydrogen-bond donors (Lipinski definition) is 5. The van der Waals surface area contributed by atoms with Crippen LogP contribution in [0, 0.1) is 24.2 Å². The quantitative estimate of drug-likeness (QED) is 0.0365. The van der Waals surface area contributed by atoms with Gasteiger partial charge in [-0.05, 0) is 89.3 Å². The van der Waals surface area contributed by atoms with Crippen LogP contribution in [0.3, 0.4) is 0 Å². The Morgan fingerprint density at radius 1 is 0.810 bits per heavy atom. The summed E-state index contributed by atoms with van der Waals surface area (Å²) in [6.45, 7) is 9.67. The molecule has 5 amide bonds. The summed E-state index contributed by atoms with van der Waals surface area (Å²) in [4.78, 5) is 72.9. The Morgan fingerprint density at radius 3 is 2.11 bits per heavy atom. The van der Waals surface area contributed by atoms with Gasteiger partial charge >= 0.3 is 6.18 Å². The molecule has 0 unspecified atom stereocenters. The molecular formula is C58H75F3N6O11S. The minimum Gasteiger partial charge on any atom is -0.495 e. The molecule has 1 saturated carbocycles. The van der Waals surface area contributed by atoms with E-state index in [2.05, 4.69) is 44.6 Å². The van der Waals surface area contributed by atoms with E-state index < -0.39 is 53.4 Å². The molecule has 0 radical (unpaired) electrons. The van der Waals surface area contributed by atoms with Gasteiger partial charge in [-0.1, -0.05) is 81.5 Å². The van der Waals surface area contributed by atoms with Gasteiger partial charge < -0.3 is 55.0 Å². The number of β-amino-alcohol motifs (C(OH)–C–C–N with tert-alkyl or cyclic N) is 1. The second-order valence-electron chi connectivity index (χ2n) is 20.9. The molecule has 2 fully saturated rings. The van der Waals surface area contributed by atoms with E-state index >= 15 is 0 Å². The summed E-state index contributed by atoms with van der Waals surface area (Å²) >= 11 is 1.67. The van der Waals surface area contributed by atoms with Gasteiger partial charge in [-0.25, -0.2) is 4.98 Å².